The van der Waals surface area contributed by atoms with Crippen molar-refractivity contribution in [3.8, 4) is 11.5 Å². The summed E-state index contributed by atoms with van der Waals surface area (Å²) in [6, 6.07) is 12.0. The number of nitrogens with zero attached hydrogens (tertiary/aromatic N) is 2. The molecule has 0 aliphatic carbocycles. The van der Waals surface area contributed by atoms with Crippen molar-refractivity contribution in [1.82, 2.24) is 9.97 Å². The lowest BCUT2D eigenvalue weighted by Crippen LogP contribution is -2.01. The second-order valence-electron chi connectivity index (χ2n) is 5.40. The van der Waals surface area contributed by atoms with Gasteiger partial charge in [0.25, 0.3) is 0 Å². The van der Waals surface area contributed by atoms with Crippen LogP contribution >= 0.6 is 0 Å². The van der Waals surface area contributed by atoms with Crippen molar-refractivity contribution in [2.45, 2.75) is 20.8 Å². The third-order valence-corrected chi connectivity index (χ3v) is 3.58. The minimum atomic E-state index is 0.569. The highest BCUT2D eigenvalue weighted by molar-refractivity contribution is 5.93. The first-order chi connectivity index (χ1) is 11.7. The van der Waals surface area contributed by atoms with Gasteiger partial charge in [0, 0.05) is 17.1 Å². The predicted molar refractivity (Wildman–Crippen MR) is 96.3 cm³/mol. The molecule has 1 heterocycles. The molecule has 5 heteroatoms. The van der Waals surface area contributed by atoms with Crippen molar-refractivity contribution >= 4 is 22.4 Å². The standard InChI is InChI=1S/C19H21N3O2/c1-4-23-17-10-15-16(11-18(17)24-5-2)20-12-21-19(15)22-14-8-6-7-13(3)9-14/h6-12H,4-5H2,1-3H3,(H,20,21,22). The van der Waals surface area contributed by atoms with Crippen LogP contribution in [0.2, 0.25) is 0 Å². The number of hydrogen-bond acceptors (Lipinski definition) is 5. The smallest absolute Gasteiger partial charge is 0.163 e. The molecule has 2 aromatic carbocycles. The van der Waals surface area contributed by atoms with Crippen LogP contribution in [0.1, 0.15) is 19.4 Å². The molecule has 0 aliphatic heterocycles. The summed E-state index contributed by atoms with van der Waals surface area (Å²) in [5, 5.41) is 4.26. The Morgan fingerprint density at radius 3 is 2.42 bits per heavy atom. The molecule has 124 valence electrons. The number of benzene rings is 2. The lowest BCUT2D eigenvalue weighted by atomic mass is 10.2. The third-order valence-electron chi connectivity index (χ3n) is 3.58. The first-order valence-electron chi connectivity index (χ1n) is 8.09. The Kier molecular flexibility index (Phi) is 4.79. The Morgan fingerprint density at radius 2 is 1.71 bits per heavy atom. The monoisotopic (exact) mass is 323 g/mol. The fourth-order valence-electron chi connectivity index (χ4n) is 2.56. The van der Waals surface area contributed by atoms with Gasteiger partial charge in [-0.3, -0.25) is 0 Å². The largest absolute Gasteiger partial charge is 0.490 e. The van der Waals surface area contributed by atoms with Gasteiger partial charge in [0.15, 0.2) is 11.5 Å². The fraction of sp³-hybridized carbons (Fsp3) is 0.263. The van der Waals surface area contributed by atoms with Gasteiger partial charge in [0.2, 0.25) is 0 Å². The van der Waals surface area contributed by atoms with E-state index in [1.54, 1.807) is 6.33 Å². The van der Waals surface area contributed by atoms with Crippen LogP contribution in [0, 0.1) is 6.92 Å². The Bertz CT molecular complexity index is 849. The maximum absolute atomic E-state index is 5.71. The predicted octanol–water partition coefficient (Wildman–Crippen LogP) is 4.48. The summed E-state index contributed by atoms with van der Waals surface area (Å²) >= 11 is 0. The highest BCUT2D eigenvalue weighted by Crippen LogP contribution is 2.35. The van der Waals surface area contributed by atoms with Crippen molar-refractivity contribution in [3.05, 3.63) is 48.3 Å². The first kappa shape index (κ1) is 16.1. The summed E-state index contributed by atoms with van der Waals surface area (Å²) in [6.07, 6.45) is 1.55. The van der Waals surface area contributed by atoms with Gasteiger partial charge in [-0.1, -0.05) is 12.1 Å². The number of hydrogen-bond donors (Lipinski definition) is 1. The molecule has 1 N–H and O–H groups in total. The average molecular weight is 323 g/mol. The van der Waals surface area contributed by atoms with E-state index >= 15 is 0 Å². The van der Waals surface area contributed by atoms with Gasteiger partial charge >= 0.3 is 0 Å². The number of aryl methyl sites for hydroxylation is 1. The summed E-state index contributed by atoms with van der Waals surface area (Å²) in [6.45, 7) is 7.10. The van der Waals surface area contributed by atoms with Crippen molar-refractivity contribution in [3.63, 3.8) is 0 Å². The molecule has 0 bridgehead atoms. The zero-order valence-electron chi connectivity index (χ0n) is 14.2. The fourth-order valence-corrected chi connectivity index (χ4v) is 2.56. The van der Waals surface area contributed by atoms with Gasteiger partial charge in [-0.25, -0.2) is 9.97 Å². The molecule has 0 radical (unpaired) electrons. The van der Waals surface area contributed by atoms with E-state index in [1.165, 1.54) is 5.56 Å². The molecule has 0 fully saturated rings. The molecule has 3 aromatic rings. The highest BCUT2D eigenvalue weighted by atomic mass is 16.5. The number of aromatic nitrogens is 2. The Hall–Kier alpha value is -2.82. The van der Waals surface area contributed by atoms with Crippen LogP contribution in [0.25, 0.3) is 10.9 Å². The zero-order chi connectivity index (χ0) is 16.9. The lowest BCUT2D eigenvalue weighted by molar-refractivity contribution is 0.288. The van der Waals surface area contributed by atoms with Gasteiger partial charge < -0.3 is 14.8 Å². The van der Waals surface area contributed by atoms with E-state index in [0.29, 0.717) is 24.7 Å². The van der Waals surface area contributed by atoms with Crippen molar-refractivity contribution in [2.24, 2.45) is 0 Å². The summed E-state index contributed by atoms with van der Waals surface area (Å²) in [5.41, 5.74) is 2.99. The molecule has 5 nitrogen and oxygen atoms in total. The number of nitrogens with one attached hydrogen (secondary N) is 1. The number of fused-ring (bicyclic) bond motifs is 1. The second kappa shape index (κ2) is 7.17. The molecule has 0 spiro atoms. The summed E-state index contributed by atoms with van der Waals surface area (Å²) in [4.78, 5) is 8.75. The maximum atomic E-state index is 5.71. The third kappa shape index (κ3) is 3.40. The van der Waals surface area contributed by atoms with Crippen molar-refractivity contribution in [1.29, 1.82) is 0 Å². The van der Waals surface area contributed by atoms with Crippen LogP contribution < -0.4 is 14.8 Å². The van der Waals surface area contributed by atoms with Crippen LogP contribution in [0.5, 0.6) is 11.5 Å². The molecule has 0 unspecified atom stereocenters. The molecule has 0 saturated carbocycles. The molecule has 0 aliphatic rings. The van der Waals surface area contributed by atoms with E-state index in [1.807, 2.05) is 38.1 Å². The number of rotatable bonds is 6. The lowest BCUT2D eigenvalue weighted by Gasteiger charge is -2.14. The van der Waals surface area contributed by atoms with Gasteiger partial charge in [0.05, 0.1) is 18.7 Å². The maximum Gasteiger partial charge on any atom is 0.163 e. The SMILES string of the molecule is CCOc1cc2ncnc(Nc3cccc(C)c3)c2cc1OCC. The number of ether oxygens (including phenoxy) is 2. The molecule has 24 heavy (non-hydrogen) atoms. The summed E-state index contributed by atoms with van der Waals surface area (Å²) < 4.78 is 11.4. The molecule has 0 saturated heterocycles. The Morgan fingerprint density at radius 1 is 0.958 bits per heavy atom. The minimum Gasteiger partial charge on any atom is -0.490 e. The van der Waals surface area contributed by atoms with Crippen LogP contribution in [0.4, 0.5) is 11.5 Å². The van der Waals surface area contributed by atoms with Crippen LogP contribution in [0.15, 0.2) is 42.7 Å². The van der Waals surface area contributed by atoms with Gasteiger partial charge in [-0.05, 0) is 44.5 Å². The van der Waals surface area contributed by atoms with E-state index in [0.717, 1.165) is 22.4 Å². The summed E-state index contributed by atoms with van der Waals surface area (Å²) in [5.74, 6) is 2.15. The first-order valence-corrected chi connectivity index (χ1v) is 8.09. The van der Waals surface area contributed by atoms with Crippen molar-refractivity contribution < 1.29 is 9.47 Å². The van der Waals surface area contributed by atoms with E-state index in [4.69, 9.17) is 9.47 Å². The molecule has 1 aromatic heterocycles. The number of anilines is 2. The normalized spacial score (nSPS) is 10.6. The second-order valence-corrected chi connectivity index (χ2v) is 5.40. The Balaban J connectivity index is 2.06. The van der Waals surface area contributed by atoms with E-state index in [9.17, 15) is 0 Å². The van der Waals surface area contributed by atoms with Crippen LogP contribution in [-0.2, 0) is 0 Å². The Labute approximate surface area is 141 Å². The average Bonchev–Trinajstić information content (AvgIpc) is 2.56. The molecular weight excluding hydrogens is 302 g/mol. The quantitative estimate of drug-likeness (QED) is 0.725. The van der Waals surface area contributed by atoms with Gasteiger partial charge in [0.1, 0.15) is 12.1 Å². The highest BCUT2D eigenvalue weighted by Gasteiger charge is 2.12. The van der Waals surface area contributed by atoms with Crippen LogP contribution in [-0.4, -0.2) is 23.2 Å². The molecule has 0 amide bonds. The van der Waals surface area contributed by atoms with Crippen LogP contribution in [0.3, 0.4) is 0 Å². The topological polar surface area (TPSA) is 56.3 Å². The molecule has 3 rings (SSSR count). The van der Waals surface area contributed by atoms with Crippen molar-refractivity contribution in [2.75, 3.05) is 18.5 Å². The van der Waals surface area contributed by atoms with Gasteiger partial charge in [-0.15, -0.1) is 0 Å². The molecule has 0 atom stereocenters. The van der Waals surface area contributed by atoms with E-state index < -0.39 is 0 Å². The van der Waals surface area contributed by atoms with Gasteiger partial charge in [-0.2, -0.15) is 0 Å². The minimum absolute atomic E-state index is 0.569. The zero-order valence-corrected chi connectivity index (χ0v) is 14.2. The van der Waals surface area contributed by atoms with E-state index in [-0.39, 0.29) is 0 Å². The van der Waals surface area contributed by atoms with E-state index in [2.05, 4.69) is 34.3 Å². The molecular formula is C19H21N3O2. The summed E-state index contributed by atoms with van der Waals surface area (Å²) in [7, 11) is 0.